The van der Waals surface area contributed by atoms with Crippen LogP contribution in [0.5, 0.6) is 0 Å². The summed E-state index contributed by atoms with van der Waals surface area (Å²) in [5.41, 5.74) is -15.3. The molecular weight excluding hydrogens is 2030 g/mol. The highest BCUT2D eigenvalue weighted by Gasteiger charge is 2.95. The standard InChI is InChI=1S/C40H6BF70NO12/c42-7(19(56,57)58,115-33(96,97)11(48,23(68,69)70)119-37(104,105)15(52,27(80,81)82)123-39(108,109)17(54,29(86,87)88)121-35(100,101)13(50,25(74,75)76)117-31(92,93)9(44,45)21(62,63)64)3-1-2-4(112)5(6(3)41(113)114)8(43,20(59,60)61)116-34(98,99)12(49,24(71,72)73)120-38(106,107)16(53,28(83,84)85)124-40(110,111)18(55,30(89,90)91)122-36(102,103)14(51,26(77,78)79)118-32(94,95)10(46,47)22(65,66)67/h1-2,113-114H,112H2. The third-order valence-electron chi connectivity index (χ3n) is 13.0. The number of ether oxygens (including phenoxy) is 10. The predicted molar refractivity (Wildman–Crippen MR) is 220 cm³/mol. The summed E-state index contributed by atoms with van der Waals surface area (Å²) < 4.78 is 1000. The first-order valence-electron chi connectivity index (χ1n) is 26.1. The molecule has 10 unspecified atom stereocenters. The Morgan fingerprint density at radius 2 is 0.331 bits per heavy atom. The lowest BCUT2D eigenvalue weighted by atomic mass is 9.70. The highest BCUT2D eigenvalue weighted by molar-refractivity contribution is 6.60. The van der Waals surface area contributed by atoms with Gasteiger partial charge in [-0.1, -0.05) is 6.07 Å². The van der Waals surface area contributed by atoms with Gasteiger partial charge < -0.3 is 15.8 Å². The highest BCUT2D eigenvalue weighted by Crippen LogP contribution is 2.68. The molecule has 0 heterocycles. The lowest BCUT2D eigenvalue weighted by molar-refractivity contribution is -0.601. The Balaban J connectivity index is 4.85. The minimum atomic E-state index is -10.3. The Hall–Kier alpha value is -6.30. The first-order chi connectivity index (χ1) is 52.5. The second-order valence-corrected chi connectivity index (χ2v) is 21.6. The number of rotatable bonds is 33. The van der Waals surface area contributed by atoms with Gasteiger partial charge in [-0.15, -0.1) is 0 Å². The molecule has 124 heavy (non-hydrogen) atoms. The van der Waals surface area contributed by atoms with E-state index in [2.05, 4.69) is 5.73 Å². The Bertz CT molecular complexity index is 3880. The minimum Gasteiger partial charge on any atom is -0.423 e. The molecule has 13 nitrogen and oxygen atoms in total. The first-order valence-corrected chi connectivity index (χ1v) is 26.1. The summed E-state index contributed by atoms with van der Waals surface area (Å²) in [6.45, 7) is 0. The van der Waals surface area contributed by atoms with E-state index < -0.39 is 247 Å². The van der Waals surface area contributed by atoms with Crippen molar-refractivity contribution in [3.8, 4) is 0 Å². The quantitative estimate of drug-likeness (QED) is 0.0347. The Labute approximate surface area is 618 Å². The van der Waals surface area contributed by atoms with Gasteiger partial charge in [-0.05, 0) is 6.07 Å². The van der Waals surface area contributed by atoms with E-state index in [1.54, 1.807) is 0 Å². The second-order valence-electron chi connectivity index (χ2n) is 21.6. The number of halogens is 70. The van der Waals surface area contributed by atoms with Crippen LogP contribution in [0.2, 0.25) is 0 Å². The largest absolute Gasteiger partial charge is 0.489 e. The fraction of sp³-hybridized carbons (Fsp3) is 0.850. The van der Waals surface area contributed by atoms with Crippen LogP contribution in [0.3, 0.4) is 0 Å². The van der Waals surface area contributed by atoms with Gasteiger partial charge in [0.25, 0.3) is 0 Å². The average molecular weight is 2030 g/mol. The maximum atomic E-state index is 16.5. The normalized spacial score (nSPS) is 20.6. The number of hydrogen-bond acceptors (Lipinski definition) is 13. The van der Waals surface area contributed by atoms with E-state index in [0.717, 1.165) is 0 Å². The van der Waals surface area contributed by atoms with Crippen molar-refractivity contribution in [2.45, 2.75) is 206 Å². The minimum absolute atomic E-state index is 0.491. The number of nitrogens with two attached hydrogens (primary N) is 1. The van der Waals surface area contributed by atoms with E-state index in [0.29, 0.717) is 37.9 Å². The average Bonchev–Trinajstić information content (AvgIpc) is 0.708. The highest BCUT2D eigenvalue weighted by atomic mass is 19.5. The Morgan fingerprint density at radius 3 is 0.468 bits per heavy atom. The molecular formula is C40H6BF70NO12. The molecule has 0 saturated heterocycles. The van der Waals surface area contributed by atoms with Crippen molar-refractivity contribution in [2.75, 3.05) is 5.73 Å². The van der Waals surface area contributed by atoms with Gasteiger partial charge in [0, 0.05) is 22.3 Å². The van der Waals surface area contributed by atoms with Crippen molar-refractivity contribution >= 4 is 18.3 Å². The van der Waals surface area contributed by atoms with Crippen LogP contribution >= 0.6 is 0 Å². The van der Waals surface area contributed by atoms with Crippen molar-refractivity contribution in [3.63, 3.8) is 0 Å². The Morgan fingerprint density at radius 1 is 0.185 bits per heavy atom. The van der Waals surface area contributed by atoms with E-state index in [1.165, 1.54) is 9.47 Å². The van der Waals surface area contributed by atoms with E-state index >= 15 is 70.2 Å². The molecule has 0 aliphatic rings. The van der Waals surface area contributed by atoms with Gasteiger partial charge in [0.15, 0.2) is 0 Å². The summed E-state index contributed by atoms with van der Waals surface area (Å²) in [6, 6.07) is -4.42. The molecule has 736 valence electrons. The molecule has 0 spiro atoms. The van der Waals surface area contributed by atoms with Crippen LogP contribution in [0.15, 0.2) is 12.1 Å². The number of benzene rings is 1. The summed E-state index contributed by atoms with van der Waals surface area (Å²) >= 11 is 0. The van der Waals surface area contributed by atoms with Gasteiger partial charge in [-0.3, -0.25) is 47.4 Å². The van der Waals surface area contributed by atoms with Crippen molar-refractivity contribution in [2.24, 2.45) is 0 Å². The predicted octanol–water partition coefficient (Wildman–Crippen LogP) is 20.6. The van der Waals surface area contributed by atoms with Crippen LogP contribution in [-0.2, 0) is 59.1 Å². The van der Waals surface area contributed by atoms with E-state index in [9.17, 15) is 247 Å². The molecule has 84 heteroatoms. The van der Waals surface area contributed by atoms with Gasteiger partial charge in [-0.2, -0.15) is 307 Å². The van der Waals surface area contributed by atoms with Crippen molar-refractivity contribution in [1.29, 1.82) is 0 Å². The monoisotopic (exact) mass is 2030 g/mol. The molecule has 1 aromatic carbocycles. The number of hydrogen-bond donors (Lipinski definition) is 3. The summed E-state index contributed by atoms with van der Waals surface area (Å²) in [5.74, 6) is -117. The Kier molecular flexibility index (Phi) is 28.9. The van der Waals surface area contributed by atoms with E-state index in [4.69, 9.17) is 0 Å². The summed E-state index contributed by atoms with van der Waals surface area (Å²) in [5, 5.41) is 19.1. The summed E-state index contributed by atoms with van der Waals surface area (Å²) in [7, 11) is -6.08. The van der Waals surface area contributed by atoms with Gasteiger partial charge in [0.2, 0.25) is 0 Å². The second kappa shape index (κ2) is 30.9. The lowest BCUT2D eigenvalue weighted by Crippen LogP contribution is -2.73. The van der Waals surface area contributed by atoms with Crippen LogP contribution in [0.4, 0.5) is 313 Å². The maximum absolute atomic E-state index is 16.5. The van der Waals surface area contributed by atoms with E-state index in [-0.39, 0.29) is 0 Å². The maximum Gasteiger partial charge on any atom is 0.489 e. The van der Waals surface area contributed by atoms with E-state index in [1.807, 2.05) is 0 Å². The van der Waals surface area contributed by atoms with Crippen LogP contribution in [-0.4, -0.2) is 211 Å². The zero-order valence-electron chi connectivity index (χ0n) is 52.7. The van der Waals surface area contributed by atoms with Gasteiger partial charge in [0.1, 0.15) is 0 Å². The molecule has 4 N–H and O–H groups in total. The molecule has 0 saturated carbocycles. The molecule has 0 amide bonds. The topological polar surface area (TPSA) is 159 Å². The first kappa shape index (κ1) is 116. The molecule has 0 aliphatic heterocycles. The number of alkyl halides is 70. The molecule has 0 fully saturated rings. The van der Waals surface area contributed by atoms with Crippen LogP contribution in [0, 0.1) is 0 Å². The van der Waals surface area contributed by atoms with Gasteiger partial charge in [0.05, 0.1) is 0 Å². The van der Waals surface area contributed by atoms with Crippen molar-refractivity contribution < 1.29 is 365 Å². The van der Waals surface area contributed by atoms with Crippen LogP contribution < -0.4 is 11.2 Å². The van der Waals surface area contributed by atoms with Gasteiger partial charge >= 0.3 is 213 Å². The molecule has 0 aromatic heterocycles. The van der Waals surface area contributed by atoms with Crippen molar-refractivity contribution in [1.82, 2.24) is 0 Å². The molecule has 0 radical (unpaired) electrons. The third-order valence-corrected chi connectivity index (χ3v) is 13.0. The van der Waals surface area contributed by atoms with Crippen LogP contribution in [0.25, 0.3) is 0 Å². The fourth-order valence-corrected chi connectivity index (χ4v) is 7.07. The fourth-order valence-electron chi connectivity index (χ4n) is 7.07. The molecule has 1 aromatic rings. The van der Waals surface area contributed by atoms with Crippen molar-refractivity contribution in [3.05, 3.63) is 23.3 Å². The molecule has 0 aliphatic carbocycles. The number of anilines is 1. The zero-order valence-corrected chi connectivity index (χ0v) is 52.7. The van der Waals surface area contributed by atoms with Gasteiger partial charge in [-0.25, -0.2) is 0 Å². The summed E-state index contributed by atoms with van der Waals surface area (Å²) in [6.07, 6.45) is -212. The lowest BCUT2D eigenvalue weighted by Gasteiger charge is -2.45. The zero-order chi connectivity index (χ0) is 101. The molecule has 0 bridgehead atoms. The third kappa shape index (κ3) is 18.8. The molecule has 10 atom stereocenters. The molecule has 1 rings (SSSR count). The number of nitrogen functional groups attached to an aromatic ring is 1. The van der Waals surface area contributed by atoms with Crippen LogP contribution in [0.1, 0.15) is 11.1 Å². The smallest absolute Gasteiger partial charge is 0.423 e. The summed E-state index contributed by atoms with van der Waals surface area (Å²) in [4.78, 5) is 0. The SMILES string of the molecule is Nc1ccc(C(F)(OC(F)(F)C(F)(OC(F)(F)C(F)(OC(F)(F)C(F)(OC(F)(F)C(F)(OC(F)(F)C(F)(F)C(F)(F)F)C(F)(F)F)C(F)(F)F)C(F)(F)F)C(F)(F)F)C(F)(F)F)c(B(O)O)c1C(F)(OC(F)(F)C(F)(OC(F)(F)C(F)(OC(F)(F)C(F)(OC(F)(F)C(F)(OC(F)(F)C(F)(F)C(F)(F)F)C(F)(F)F)C(F)(F)F)C(F)(F)F)C(F)(F)F)C(F)(F)F.